The van der Waals surface area contributed by atoms with Crippen LogP contribution >= 0.6 is 0 Å². The van der Waals surface area contributed by atoms with Crippen LogP contribution in [0.25, 0.3) is 0 Å². The highest BCUT2D eigenvalue weighted by Gasteiger charge is 2.51. The molecule has 5 rings (SSSR count). The van der Waals surface area contributed by atoms with Gasteiger partial charge in [-0.25, -0.2) is 18.4 Å². The van der Waals surface area contributed by atoms with Gasteiger partial charge in [-0.3, -0.25) is 0 Å². The van der Waals surface area contributed by atoms with E-state index in [2.05, 4.69) is 14.9 Å². The summed E-state index contributed by atoms with van der Waals surface area (Å²) >= 11 is 0. The predicted molar refractivity (Wildman–Crippen MR) is 97.9 cm³/mol. The molecule has 7 nitrogen and oxygen atoms in total. The number of benzene rings is 1. The lowest BCUT2D eigenvalue weighted by Gasteiger charge is -2.55. The monoisotopic (exact) mass is 374 g/mol. The van der Waals surface area contributed by atoms with E-state index < -0.39 is 10.0 Å². The predicted octanol–water partition coefficient (Wildman–Crippen LogP) is 1.75. The van der Waals surface area contributed by atoms with E-state index in [-0.39, 0.29) is 12.1 Å². The van der Waals surface area contributed by atoms with E-state index in [1.54, 1.807) is 35.7 Å². The van der Waals surface area contributed by atoms with Gasteiger partial charge in [0.15, 0.2) is 0 Å². The van der Waals surface area contributed by atoms with E-state index in [1.165, 1.54) is 0 Å². The number of aryl methyl sites for hydroxylation is 2. The highest BCUT2D eigenvalue weighted by Crippen LogP contribution is 2.38. The summed E-state index contributed by atoms with van der Waals surface area (Å²) in [6, 6.07) is 8.50. The minimum atomic E-state index is -3.49. The Balaban J connectivity index is 1.55. The van der Waals surface area contributed by atoms with Gasteiger partial charge in [-0.15, -0.1) is 0 Å². The first kappa shape index (κ1) is 17.2. The van der Waals surface area contributed by atoms with E-state index in [9.17, 15) is 8.42 Å². The molecule has 1 aromatic heterocycles. The van der Waals surface area contributed by atoms with E-state index in [0.717, 1.165) is 23.8 Å². The highest BCUT2D eigenvalue weighted by atomic mass is 32.2. The molecule has 2 atom stereocenters. The molecule has 0 spiro atoms. The molecule has 138 valence electrons. The van der Waals surface area contributed by atoms with E-state index >= 15 is 0 Å². The highest BCUT2D eigenvalue weighted by molar-refractivity contribution is 7.89. The smallest absolute Gasteiger partial charge is 0.243 e. The van der Waals surface area contributed by atoms with Crippen molar-refractivity contribution in [3.05, 3.63) is 41.9 Å². The average molecular weight is 374 g/mol. The summed E-state index contributed by atoms with van der Waals surface area (Å²) in [4.78, 5) is 11.3. The minimum absolute atomic E-state index is 0.0172. The number of aromatic nitrogens is 2. The summed E-state index contributed by atoms with van der Waals surface area (Å²) in [5, 5.41) is 0. The maximum atomic E-state index is 13.0. The van der Waals surface area contributed by atoms with Crippen molar-refractivity contribution in [1.82, 2.24) is 14.3 Å². The molecule has 0 amide bonds. The van der Waals surface area contributed by atoms with Gasteiger partial charge in [0.05, 0.1) is 12.0 Å². The van der Waals surface area contributed by atoms with Crippen molar-refractivity contribution in [2.24, 2.45) is 0 Å². The van der Waals surface area contributed by atoms with Crippen LogP contribution in [0.3, 0.4) is 0 Å². The summed E-state index contributed by atoms with van der Waals surface area (Å²) in [6.07, 6.45) is 0.898. The molecule has 0 N–H and O–H groups in total. The van der Waals surface area contributed by atoms with Gasteiger partial charge < -0.3 is 9.64 Å². The van der Waals surface area contributed by atoms with Crippen LogP contribution in [0.4, 0.5) is 5.82 Å². The number of piperazine rings is 1. The Kier molecular flexibility index (Phi) is 4.11. The summed E-state index contributed by atoms with van der Waals surface area (Å²) in [5.41, 5.74) is 0.925. The van der Waals surface area contributed by atoms with Crippen molar-refractivity contribution >= 4 is 15.8 Å². The number of hydrogen-bond donors (Lipinski definition) is 0. The third-order valence-electron chi connectivity index (χ3n) is 5.04. The van der Waals surface area contributed by atoms with Gasteiger partial charge in [0.1, 0.15) is 17.4 Å². The number of fused-ring (bicyclic) bond motifs is 2. The van der Waals surface area contributed by atoms with Gasteiger partial charge in [-0.2, -0.15) is 4.31 Å². The summed E-state index contributed by atoms with van der Waals surface area (Å²) in [6.45, 7) is 5.13. The van der Waals surface area contributed by atoms with Gasteiger partial charge in [-0.1, -0.05) is 0 Å². The maximum absolute atomic E-state index is 13.0. The van der Waals surface area contributed by atoms with Crippen molar-refractivity contribution < 1.29 is 13.2 Å². The summed E-state index contributed by atoms with van der Waals surface area (Å²) < 4.78 is 32.8. The first-order chi connectivity index (χ1) is 12.4. The van der Waals surface area contributed by atoms with Gasteiger partial charge in [0.2, 0.25) is 10.0 Å². The van der Waals surface area contributed by atoms with E-state index in [4.69, 9.17) is 4.74 Å². The summed E-state index contributed by atoms with van der Waals surface area (Å²) in [7, 11) is -1.93. The second-order valence-electron chi connectivity index (χ2n) is 6.87. The van der Waals surface area contributed by atoms with Crippen LogP contribution in [0.1, 0.15) is 17.9 Å². The van der Waals surface area contributed by atoms with Gasteiger partial charge in [0.25, 0.3) is 0 Å². The molecular weight excluding hydrogens is 352 g/mol. The molecule has 0 aliphatic carbocycles. The number of hydrogen-bond acceptors (Lipinski definition) is 6. The normalized spacial score (nSPS) is 22.8. The summed E-state index contributed by atoms with van der Waals surface area (Å²) in [5.74, 6) is 2.27. The van der Waals surface area contributed by atoms with Crippen LogP contribution in [-0.4, -0.2) is 55.0 Å². The SMILES string of the molecule is COc1ccc(S(=O)(=O)N2C3CC2CN(c2cc(C)nc(C)n2)C3)cc1. The number of sulfonamides is 1. The Hall–Kier alpha value is -2.19. The maximum Gasteiger partial charge on any atom is 0.243 e. The standard InChI is InChI=1S/C18H22N4O3S/c1-12-8-18(20-13(2)19-12)21-10-14-9-15(11-21)22(14)26(23,24)17-6-4-16(25-3)5-7-17/h4-8,14-15H,9-11H2,1-3H3. The van der Waals surface area contributed by atoms with Crippen LogP contribution in [0.15, 0.2) is 35.2 Å². The van der Waals surface area contributed by atoms with Crippen LogP contribution < -0.4 is 9.64 Å². The van der Waals surface area contributed by atoms with Crippen molar-refractivity contribution in [1.29, 1.82) is 0 Å². The molecule has 0 radical (unpaired) electrons. The molecule has 3 aliphatic rings. The fraction of sp³-hybridized carbons (Fsp3) is 0.444. The third-order valence-corrected chi connectivity index (χ3v) is 7.06. The van der Waals surface area contributed by atoms with Crippen molar-refractivity contribution in [3.8, 4) is 5.75 Å². The molecule has 0 saturated carbocycles. The zero-order valence-corrected chi connectivity index (χ0v) is 15.9. The Morgan fingerprint density at radius 1 is 1.08 bits per heavy atom. The number of methoxy groups -OCH3 is 1. The Labute approximate surface area is 153 Å². The molecule has 8 heteroatoms. The zero-order chi connectivity index (χ0) is 18.5. The van der Waals surface area contributed by atoms with Crippen LogP contribution in [0.5, 0.6) is 5.75 Å². The van der Waals surface area contributed by atoms with E-state index in [1.807, 2.05) is 19.9 Å². The molecule has 4 heterocycles. The molecular formula is C18H22N4O3S. The molecule has 3 fully saturated rings. The lowest BCUT2D eigenvalue weighted by molar-refractivity contribution is 0.0874. The number of nitrogens with zero attached hydrogens (tertiary/aromatic N) is 4. The lowest BCUT2D eigenvalue weighted by Crippen LogP contribution is -2.70. The molecule has 3 saturated heterocycles. The second-order valence-corrected chi connectivity index (χ2v) is 8.72. The first-order valence-electron chi connectivity index (χ1n) is 8.63. The molecule has 2 unspecified atom stereocenters. The van der Waals surface area contributed by atoms with Gasteiger partial charge in [-0.05, 0) is 44.5 Å². The fourth-order valence-electron chi connectivity index (χ4n) is 3.88. The Bertz CT molecular complexity index is 898. The quantitative estimate of drug-likeness (QED) is 0.812. The first-order valence-corrected chi connectivity index (χ1v) is 10.1. The van der Waals surface area contributed by atoms with Crippen molar-refractivity contribution in [3.63, 3.8) is 0 Å². The molecule has 2 bridgehead atoms. The Morgan fingerprint density at radius 2 is 1.73 bits per heavy atom. The number of anilines is 1. The fourth-order valence-corrected chi connectivity index (χ4v) is 5.70. The van der Waals surface area contributed by atoms with Gasteiger partial charge in [0, 0.05) is 36.9 Å². The van der Waals surface area contributed by atoms with Crippen LogP contribution in [0, 0.1) is 13.8 Å². The van der Waals surface area contributed by atoms with Gasteiger partial charge >= 0.3 is 0 Å². The average Bonchev–Trinajstić information content (AvgIpc) is 2.60. The molecule has 26 heavy (non-hydrogen) atoms. The second kappa shape index (κ2) is 6.21. The molecule has 2 aromatic rings. The topological polar surface area (TPSA) is 75.6 Å². The molecule has 1 aromatic carbocycles. The number of piperidine rings is 1. The van der Waals surface area contributed by atoms with Crippen molar-refractivity contribution in [2.45, 2.75) is 37.2 Å². The van der Waals surface area contributed by atoms with Crippen molar-refractivity contribution in [2.75, 3.05) is 25.1 Å². The minimum Gasteiger partial charge on any atom is -0.497 e. The third kappa shape index (κ3) is 2.83. The number of ether oxygens (including phenoxy) is 1. The lowest BCUT2D eigenvalue weighted by atomic mass is 9.91. The number of rotatable bonds is 4. The zero-order valence-electron chi connectivity index (χ0n) is 15.1. The molecule has 3 aliphatic heterocycles. The Morgan fingerprint density at radius 3 is 2.31 bits per heavy atom. The van der Waals surface area contributed by atoms with E-state index in [0.29, 0.717) is 23.7 Å². The van der Waals surface area contributed by atoms with Crippen LogP contribution in [-0.2, 0) is 10.0 Å². The largest absolute Gasteiger partial charge is 0.497 e. The van der Waals surface area contributed by atoms with Crippen LogP contribution in [0.2, 0.25) is 0 Å².